The third-order valence-electron chi connectivity index (χ3n) is 2.31. The van der Waals surface area contributed by atoms with E-state index in [9.17, 15) is 0 Å². The fourth-order valence-electron chi connectivity index (χ4n) is 1.62. The van der Waals surface area contributed by atoms with E-state index < -0.39 is 0 Å². The normalized spacial score (nSPS) is 19.4. The molecule has 0 aliphatic carbocycles. The molecule has 0 fully saturated rings. The molecule has 0 saturated heterocycles. The molecule has 1 aliphatic rings. The smallest absolute Gasteiger partial charge is 0.139 e. The van der Waals surface area contributed by atoms with Gasteiger partial charge >= 0.3 is 0 Å². The molecule has 4 heteroatoms. The van der Waals surface area contributed by atoms with Crippen LogP contribution in [0, 0.1) is 11.3 Å². The van der Waals surface area contributed by atoms with Crippen molar-refractivity contribution in [1.82, 2.24) is 0 Å². The van der Waals surface area contributed by atoms with E-state index in [4.69, 9.17) is 15.7 Å². The van der Waals surface area contributed by atoms with Gasteiger partial charge < -0.3 is 10.5 Å². The fourth-order valence-corrected chi connectivity index (χ4v) is 2.08. The van der Waals surface area contributed by atoms with Crippen molar-refractivity contribution < 1.29 is 4.74 Å². The Hall–Kier alpha value is -1.05. The Labute approximate surface area is 90.6 Å². The van der Waals surface area contributed by atoms with Crippen LogP contribution in [0.3, 0.4) is 0 Å². The number of nitrogens with two attached hydrogens (primary N) is 1. The molecule has 3 nitrogen and oxygen atoms in total. The van der Waals surface area contributed by atoms with Gasteiger partial charge in [0.15, 0.2) is 0 Å². The summed E-state index contributed by atoms with van der Waals surface area (Å²) in [5, 5.41) is 8.93. The molecule has 0 aromatic heterocycles. The highest BCUT2D eigenvalue weighted by atomic mass is 79.9. The minimum atomic E-state index is -0.0918. The SMILES string of the molecule is N#Cc1ccc(Br)c2c1[C@H](N)CCO2. The monoisotopic (exact) mass is 252 g/mol. The quantitative estimate of drug-likeness (QED) is 0.770. The molecular formula is C10H9BrN2O. The number of halogens is 1. The zero-order valence-corrected chi connectivity index (χ0v) is 9.04. The van der Waals surface area contributed by atoms with Crippen LogP contribution in [-0.2, 0) is 0 Å². The van der Waals surface area contributed by atoms with Crippen LogP contribution in [0.2, 0.25) is 0 Å². The van der Waals surface area contributed by atoms with Gasteiger partial charge in [-0.25, -0.2) is 0 Å². The molecule has 72 valence electrons. The van der Waals surface area contributed by atoms with Crippen LogP contribution < -0.4 is 10.5 Å². The van der Waals surface area contributed by atoms with Gasteiger partial charge in [0.1, 0.15) is 5.75 Å². The number of ether oxygens (including phenoxy) is 1. The molecule has 1 heterocycles. The van der Waals surface area contributed by atoms with Gasteiger partial charge in [0.2, 0.25) is 0 Å². The second-order valence-corrected chi connectivity index (χ2v) is 4.05. The van der Waals surface area contributed by atoms with Gasteiger partial charge in [0.25, 0.3) is 0 Å². The van der Waals surface area contributed by atoms with Gasteiger partial charge in [0.05, 0.1) is 22.7 Å². The van der Waals surface area contributed by atoms with Crippen LogP contribution in [0.5, 0.6) is 5.75 Å². The Bertz CT molecular complexity index is 411. The molecule has 0 spiro atoms. The third-order valence-corrected chi connectivity index (χ3v) is 2.94. The highest BCUT2D eigenvalue weighted by molar-refractivity contribution is 9.10. The van der Waals surface area contributed by atoms with E-state index in [2.05, 4.69) is 22.0 Å². The fraction of sp³-hybridized carbons (Fsp3) is 0.300. The molecule has 0 saturated carbocycles. The summed E-state index contributed by atoms with van der Waals surface area (Å²) in [6.07, 6.45) is 0.762. The number of hydrogen-bond acceptors (Lipinski definition) is 3. The topological polar surface area (TPSA) is 59.0 Å². The molecule has 1 aliphatic heterocycles. The van der Waals surface area contributed by atoms with Crippen LogP contribution in [0.25, 0.3) is 0 Å². The van der Waals surface area contributed by atoms with Crippen molar-refractivity contribution >= 4 is 15.9 Å². The molecule has 0 radical (unpaired) electrons. The molecule has 14 heavy (non-hydrogen) atoms. The van der Waals surface area contributed by atoms with Crippen molar-refractivity contribution in [1.29, 1.82) is 5.26 Å². The highest BCUT2D eigenvalue weighted by Crippen LogP contribution is 2.38. The van der Waals surface area contributed by atoms with Crippen LogP contribution in [-0.4, -0.2) is 6.61 Å². The number of benzene rings is 1. The summed E-state index contributed by atoms with van der Waals surface area (Å²) in [4.78, 5) is 0. The highest BCUT2D eigenvalue weighted by Gasteiger charge is 2.23. The lowest BCUT2D eigenvalue weighted by Crippen LogP contribution is -2.22. The molecule has 0 bridgehead atoms. The average Bonchev–Trinajstić information content (AvgIpc) is 2.20. The minimum absolute atomic E-state index is 0.0918. The minimum Gasteiger partial charge on any atom is -0.492 e. The predicted octanol–water partition coefficient (Wildman–Crippen LogP) is 2.10. The standard InChI is InChI=1S/C10H9BrN2O/c11-7-2-1-6(5-12)9-8(13)3-4-14-10(7)9/h1-2,8H,3-4,13H2/t8-/m1/s1. The predicted molar refractivity (Wildman–Crippen MR) is 55.9 cm³/mol. The summed E-state index contributed by atoms with van der Waals surface area (Å²) >= 11 is 3.38. The van der Waals surface area contributed by atoms with E-state index in [1.54, 1.807) is 6.07 Å². The Morgan fingerprint density at radius 3 is 3.07 bits per heavy atom. The Morgan fingerprint density at radius 2 is 2.36 bits per heavy atom. The maximum absolute atomic E-state index is 8.93. The van der Waals surface area contributed by atoms with E-state index >= 15 is 0 Å². The first-order valence-electron chi connectivity index (χ1n) is 4.35. The van der Waals surface area contributed by atoms with Gasteiger partial charge in [-0.3, -0.25) is 0 Å². The summed E-state index contributed by atoms with van der Waals surface area (Å²) in [5.41, 5.74) is 7.37. The van der Waals surface area contributed by atoms with Crippen molar-refractivity contribution in [2.24, 2.45) is 5.73 Å². The zero-order valence-electron chi connectivity index (χ0n) is 7.46. The van der Waals surface area contributed by atoms with Crippen molar-refractivity contribution in [3.8, 4) is 11.8 Å². The number of nitrogens with zero attached hydrogens (tertiary/aromatic N) is 1. The maximum atomic E-state index is 8.93. The molecule has 1 aromatic carbocycles. The van der Waals surface area contributed by atoms with Gasteiger partial charge in [-0.1, -0.05) is 0 Å². The van der Waals surface area contributed by atoms with Crippen LogP contribution in [0.1, 0.15) is 23.6 Å². The number of nitriles is 1. The van der Waals surface area contributed by atoms with E-state index in [0.29, 0.717) is 12.2 Å². The van der Waals surface area contributed by atoms with Crippen molar-refractivity contribution in [3.63, 3.8) is 0 Å². The summed E-state index contributed by atoms with van der Waals surface area (Å²) in [7, 11) is 0. The van der Waals surface area contributed by atoms with Gasteiger partial charge in [-0.2, -0.15) is 5.26 Å². The first-order valence-corrected chi connectivity index (χ1v) is 5.14. The molecule has 2 rings (SSSR count). The second kappa shape index (κ2) is 3.60. The molecular weight excluding hydrogens is 244 g/mol. The number of rotatable bonds is 0. The summed E-state index contributed by atoms with van der Waals surface area (Å²) < 4.78 is 6.35. The maximum Gasteiger partial charge on any atom is 0.139 e. The third kappa shape index (κ3) is 1.39. The summed E-state index contributed by atoms with van der Waals surface area (Å²) in [5.74, 6) is 0.725. The molecule has 2 N–H and O–H groups in total. The Balaban J connectivity index is 2.65. The lowest BCUT2D eigenvalue weighted by atomic mass is 9.96. The van der Waals surface area contributed by atoms with Crippen molar-refractivity contribution in [2.75, 3.05) is 6.61 Å². The first kappa shape index (κ1) is 9.50. The van der Waals surface area contributed by atoms with E-state index in [-0.39, 0.29) is 6.04 Å². The average molecular weight is 253 g/mol. The lowest BCUT2D eigenvalue weighted by Gasteiger charge is -2.24. The van der Waals surface area contributed by atoms with Crippen LogP contribution in [0.15, 0.2) is 16.6 Å². The first-order chi connectivity index (χ1) is 6.74. The van der Waals surface area contributed by atoms with Crippen LogP contribution >= 0.6 is 15.9 Å². The van der Waals surface area contributed by atoms with E-state index in [1.165, 1.54) is 0 Å². The molecule has 1 atom stereocenters. The Kier molecular flexibility index (Phi) is 2.44. The summed E-state index contributed by atoms with van der Waals surface area (Å²) in [6, 6.07) is 5.62. The van der Waals surface area contributed by atoms with Gasteiger partial charge in [0, 0.05) is 18.0 Å². The number of hydrogen-bond donors (Lipinski definition) is 1. The summed E-state index contributed by atoms with van der Waals surface area (Å²) in [6.45, 7) is 0.613. The van der Waals surface area contributed by atoms with Crippen LogP contribution in [0.4, 0.5) is 0 Å². The molecule has 1 aromatic rings. The molecule has 0 amide bonds. The van der Waals surface area contributed by atoms with E-state index in [1.807, 2.05) is 6.07 Å². The van der Waals surface area contributed by atoms with E-state index in [0.717, 1.165) is 22.2 Å². The second-order valence-electron chi connectivity index (χ2n) is 3.19. The van der Waals surface area contributed by atoms with Gasteiger partial charge in [-0.05, 0) is 28.1 Å². The van der Waals surface area contributed by atoms with Crippen molar-refractivity contribution in [2.45, 2.75) is 12.5 Å². The van der Waals surface area contributed by atoms with Crippen molar-refractivity contribution in [3.05, 3.63) is 27.7 Å². The zero-order chi connectivity index (χ0) is 10.1. The van der Waals surface area contributed by atoms with Gasteiger partial charge in [-0.15, -0.1) is 0 Å². The number of fused-ring (bicyclic) bond motifs is 1. The largest absolute Gasteiger partial charge is 0.492 e. The molecule has 0 unspecified atom stereocenters. The lowest BCUT2D eigenvalue weighted by molar-refractivity contribution is 0.267. The Morgan fingerprint density at radius 1 is 1.57 bits per heavy atom.